The van der Waals surface area contributed by atoms with Crippen LogP contribution in [0, 0.1) is 30.4 Å². The monoisotopic (exact) mass is 268 g/mol. The number of hydrogen-bond donors (Lipinski definition) is 1. The molecule has 1 heterocycles. The second-order valence-electron chi connectivity index (χ2n) is 5.80. The Balaban J connectivity index is 2.34. The Morgan fingerprint density at radius 3 is 2.26 bits per heavy atom. The summed E-state index contributed by atoms with van der Waals surface area (Å²) in [5, 5.41) is 3.39. The van der Waals surface area contributed by atoms with E-state index in [9.17, 15) is 8.78 Å². The van der Waals surface area contributed by atoms with Crippen molar-refractivity contribution < 1.29 is 8.78 Å². The number of halogens is 2. The van der Waals surface area contributed by atoms with Crippen molar-refractivity contribution in [3.8, 4) is 0 Å². The van der Waals surface area contributed by atoms with Gasteiger partial charge in [0.1, 0.15) is 11.5 Å². The van der Waals surface area contributed by atoms with E-state index < -0.39 is 11.6 Å². The molecule has 1 fully saturated rings. The lowest BCUT2D eigenvalue weighted by molar-refractivity contribution is 0.404. The fourth-order valence-electron chi connectivity index (χ4n) is 2.65. The van der Waals surface area contributed by atoms with E-state index in [-0.39, 0.29) is 5.69 Å². The van der Waals surface area contributed by atoms with Gasteiger partial charge in [0, 0.05) is 13.1 Å². The van der Waals surface area contributed by atoms with Crippen molar-refractivity contribution in [2.45, 2.75) is 20.8 Å². The van der Waals surface area contributed by atoms with Gasteiger partial charge in [-0.2, -0.15) is 0 Å². The van der Waals surface area contributed by atoms with Gasteiger partial charge in [0.25, 0.3) is 0 Å². The SMILES string of the molecule is Cc1ccc(F)c(N2CC(C)CNCC(C)C2)c1F. The largest absolute Gasteiger partial charge is 0.366 e. The molecule has 1 aliphatic rings. The number of hydrogen-bond acceptors (Lipinski definition) is 2. The standard InChI is InChI=1S/C15H22F2N2/c1-10-6-18-7-11(2)9-19(8-10)15-13(16)5-4-12(3)14(15)17/h4-5,10-11,18H,6-9H2,1-3H3. The predicted molar refractivity (Wildman–Crippen MR) is 74.5 cm³/mol. The second kappa shape index (κ2) is 5.87. The van der Waals surface area contributed by atoms with E-state index in [0.717, 1.165) is 13.1 Å². The maximum Gasteiger partial charge on any atom is 0.152 e. The third-order valence-electron chi connectivity index (χ3n) is 3.63. The second-order valence-corrected chi connectivity index (χ2v) is 5.80. The molecule has 0 radical (unpaired) electrons. The van der Waals surface area contributed by atoms with Crippen LogP contribution in [0.2, 0.25) is 0 Å². The molecule has 4 heteroatoms. The molecular formula is C15H22F2N2. The first-order valence-corrected chi connectivity index (χ1v) is 6.89. The molecule has 106 valence electrons. The summed E-state index contributed by atoms with van der Waals surface area (Å²) in [5.41, 5.74) is 0.637. The molecule has 1 saturated heterocycles. The third kappa shape index (κ3) is 3.24. The maximum atomic E-state index is 14.2. The highest BCUT2D eigenvalue weighted by Gasteiger charge is 2.23. The minimum Gasteiger partial charge on any atom is -0.366 e. The molecule has 0 amide bonds. The topological polar surface area (TPSA) is 15.3 Å². The zero-order valence-corrected chi connectivity index (χ0v) is 11.8. The Morgan fingerprint density at radius 2 is 1.68 bits per heavy atom. The van der Waals surface area contributed by atoms with Gasteiger partial charge in [0.2, 0.25) is 0 Å². The van der Waals surface area contributed by atoms with Gasteiger partial charge in [-0.25, -0.2) is 8.78 Å². The Labute approximate surface area is 113 Å². The summed E-state index contributed by atoms with van der Waals surface area (Å²) in [6.45, 7) is 9.00. The molecule has 2 nitrogen and oxygen atoms in total. The number of benzene rings is 1. The van der Waals surface area contributed by atoms with Gasteiger partial charge in [-0.3, -0.25) is 0 Å². The molecule has 1 aromatic carbocycles. The van der Waals surface area contributed by atoms with Gasteiger partial charge in [0.05, 0.1) is 0 Å². The molecule has 2 atom stereocenters. The minimum absolute atomic E-state index is 0.139. The van der Waals surface area contributed by atoms with Crippen LogP contribution >= 0.6 is 0 Å². The lowest BCUT2D eigenvalue weighted by atomic mass is 10.0. The van der Waals surface area contributed by atoms with E-state index in [2.05, 4.69) is 19.2 Å². The highest BCUT2D eigenvalue weighted by atomic mass is 19.1. The fourth-order valence-corrected chi connectivity index (χ4v) is 2.65. The summed E-state index contributed by atoms with van der Waals surface area (Å²) in [4.78, 5) is 1.87. The van der Waals surface area contributed by atoms with Crippen LogP contribution in [0.15, 0.2) is 12.1 Å². The highest BCUT2D eigenvalue weighted by Crippen LogP contribution is 2.27. The molecule has 0 aliphatic carbocycles. The van der Waals surface area contributed by atoms with Crippen LogP contribution in [0.1, 0.15) is 19.4 Å². The summed E-state index contributed by atoms with van der Waals surface area (Å²) >= 11 is 0. The van der Waals surface area contributed by atoms with E-state index in [1.54, 1.807) is 6.92 Å². The van der Waals surface area contributed by atoms with Gasteiger partial charge >= 0.3 is 0 Å². The molecule has 1 N–H and O–H groups in total. The van der Waals surface area contributed by atoms with Crippen molar-refractivity contribution in [3.05, 3.63) is 29.3 Å². The molecule has 0 saturated carbocycles. The van der Waals surface area contributed by atoms with Crippen molar-refractivity contribution in [1.29, 1.82) is 0 Å². The fraction of sp³-hybridized carbons (Fsp3) is 0.600. The van der Waals surface area contributed by atoms with Crippen molar-refractivity contribution in [2.75, 3.05) is 31.1 Å². The Kier molecular flexibility index (Phi) is 4.40. The van der Waals surface area contributed by atoms with Crippen LogP contribution in [0.5, 0.6) is 0 Å². The number of rotatable bonds is 1. The summed E-state index contributed by atoms with van der Waals surface area (Å²) < 4.78 is 28.2. The van der Waals surface area contributed by atoms with Crippen LogP contribution in [0.3, 0.4) is 0 Å². The van der Waals surface area contributed by atoms with Gasteiger partial charge in [-0.15, -0.1) is 0 Å². The number of nitrogens with zero attached hydrogens (tertiary/aromatic N) is 1. The molecule has 2 unspecified atom stereocenters. The van der Waals surface area contributed by atoms with Gasteiger partial charge in [-0.05, 0) is 43.5 Å². The zero-order chi connectivity index (χ0) is 14.0. The van der Waals surface area contributed by atoms with Crippen LogP contribution in [-0.2, 0) is 0 Å². The van der Waals surface area contributed by atoms with Crippen LogP contribution in [0.25, 0.3) is 0 Å². The molecule has 19 heavy (non-hydrogen) atoms. The number of anilines is 1. The van der Waals surface area contributed by atoms with E-state index in [1.165, 1.54) is 12.1 Å². The first kappa shape index (κ1) is 14.3. The van der Waals surface area contributed by atoms with Crippen LogP contribution < -0.4 is 10.2 Å². The van der Waals surface area contributed by atoms with Gasteiger partial charge in [-0.1, -0.05) is 19.9 Å². The maximum absolute atomic E-state index is 14.2. The van der Waals surface area contributed by atoms with Gasteiger partial charge in [0.15, 0.2) is 5.82 Å². The summed E-state index contributed by atoms with van der Waals surface area (Å²) in [5.74, 6) is -0.150. The lowest BCUT2D eigenvalue weighted by Gasteiger charge is -2.34. The minimum atomic E-state index is -0.462. The first-order valence-electron chi connectivity index (χ1n) is 6.89. The normalized spacial score (nSPS) is 25.0. The van der Waals surface area contributed by atoms with Crippen LogP contribution in [-0.4, -0.2) is 26.2 Å². The number of nitrogens with one attached hydrogen (secondary N) is 1. The highest BCUT2D eigenvalue weighted by molar-refractivity contribution is 5.51. The number of aryl methyl sites for hydroxylation is 1. The van der Waals surface area contributed by atoms with E-state index in [0.29, 0.717) is 30.5 Å². The molecular weight excluding hydrogens is 246 g/mol. The average molecular weight is 268 g/mol. The summed E-state index contributed by atoms with van der Waals surface area (Å²) in [6, 6.07) is 2.85. The van der Waals surface area contributed by atoms with Crippen LogP contribution in [0.4, 0.5) is 14.5 Å². The molecule has 1 aromatic rings. The van der Waals surface area contributed by atoms with E-state index in [4.69, 9.17) is 0 Å². The predicted octanol–water partition coefficient (Wildman–Crippen LogP) is 2.96. The smallest absolute Gasteiger partial charge is 0.152 e. The van der Waals surface area contributed by atoms with Crippen molar-refractivity contribution in [2.24, 2.45) is 11.8 Å². The van der Waals surface area contributed by atoms with Crippen molar-refractivity contribution >= 4 is 5.69 Å². The Morgan fingerprint density at radius 1 is 1.11 bits per heavy atom. The molecule has 1 aliphatic heterocycles. The average Bonchev–Trinajstić information content (AvgIpc) is 2.32. The molecule has 0 spiro atoms. The summed E-state index contributed by atoms with van der Waals surface area (Å²) in [6.07, 6.45) is 0. The Bertz CT molecular complexity index is 436. The lowest BCUT2D eigenvalue weighted by Crippen LogP contribution is -2.43. The third-order valence-corrected chi connectivity index (χ3v) is 3.63. The molecule has 0 aromatic heterocycles. The molecule has 0 bridgehead atoms. The molecule has 2 rings (SSSR count). The van der Waals surface area contributed by atoms with Gasteiger partial charge < -0.3 is 10.2 Å². The quantitative estimate of drug-likeness (QED) is 0.842. The van der Waals surface area contributed by atoms with E-state index in [1.807, 2.05) is 4.90 Å². The Hall–Kier alpha value is -1.16. The van der Waals surface area contributed by atoms with Crippen molar-refractivity contribution in [3.63, 3.8) is 0 Å². The summed E-state index contributed by atoms with van der Waals surface area (Å²) in [7, 11) is 0. The zero-order valence-electron chi connectivity index (χ0n) is 11.8. The van der Waals surface area contributed by atoms with E-state index >= 15 is 0 Å². The van der Waals surface area contributed by atoms with Crippen molar-refractivity contribution in [1.82, 2.24) is 5.32 Å². The first-order chi connectivity index (χ1) is 8.99.